The largest absolute Gasteiger partial charge is 0.479 e. The Morgan fingerprint density at radius 1 is 1.26 bits per heavy atom. The zero-order chi connectivity index (χ0) is 19.4. The van der Waals surface area contributed by atoms with Gasteiger partial charge in [0.25, 0.3) is 0 Å². The molecule has 0 bridgehead atoms. The lowest BCUT2D eigenvalue weighted by Gasteiger charge is -2.30. The fraction of sp³-hybridized carbons (Fsp3) is 0.250. The third-order valence-corrected chi connectivity index (χ3v) is 5.19. The molecule has 0 saturated carbocycles. The number of aliphatic carboxylic acids is 1. The number of hydrogen-bond donors (Lipinski definition) is 2. The SMILES string of the molecule is CCC(NC(=O)Cc1nc(-c2ccsc2)oc1C)(C(=O)O)c1ccccc1. The van der Waals surface area contributed by atoms with Gasteiger partial charge in [-0.25, -0.2) is 9.78 Å². The average molecular weight is 384 g/mol. The van der Waals surface area contributed by atoms with Crippen molar-refractivity contribution in [2.75, 3.05) is 0 Å². The van der Waals surface area contributed by atoms with E-state index in [1.165, 1.54) is 11.3 Å². The molecule has 0 spiro atoms. The number of aromatic nitrogens is 1. The van der Waals surface area contributed by atoms with Gasteiger partial charge in [-0.05, 0) is 30.4 Å². The van der Waals surface area contributed by atoms with Crippen molar-refractivity contribution < 1.29 is 19.1 Å². The summed E-state index contributed by atoms with van der Waals surface area (Å²) in [6.45, 7) is 3.48. The molecule has 1 unspecified atom stereocenters. The molecule has 3 aromatic rings. The minimum atomic E-state index is -1.48. The van der Waals surface area contributed by atoms with Crippen LogP contribution >= 0.6 is 11.3 Å². The summed E-state index contributed by atoms with van der Waals surface area (Å²) in [6.07, 6.45) is 0.164. The van der Waals surface area contributed by atoms with Gasteiger partial charge >= 0.3 is 5.97 Å². The first kappa shape index (κ1) is 18.8. The molecular formula is C20H20N2O4S. The molecule has 0 saturated heterocycles. The van der Waals surface area contributed by atoms with Crippen LogP contribution in [0, 0.1) is 6.92 Å². The predicted octanol–water partition coefficient (Wildman–Crippen LogP) is 3.76. The normalized spacial score (nSPS) is 13.1. The highest BCUT2D eigenvalue weighted by Crippen LogP contribution is 2.27. The standard InChI is InChI=1S/C20H20N2O4S/c1-3-20(19(24)25,15-7-5-4-6-8-15)22-17(23)11-16-13(2)26-18(21-16)14-9-10-27-12-14/h4-10,12H,3,11H2,1-2H3,(H,22,23)(H,24,25). The van der Waals surface area contributed by atoms with E-state index in [0.717, 1.165) is 5.56 Å². The van der Waals surface area contributed by atoms with Crippen LogP contribution in [0.4, 0.5) is 0 Å². The summed E-state index contributed by atoms with van der Waals surface area (Å²) < 4.78 is 5.65. The van der Waals surface area contributed by atoms with Crippen molar-refractivity contribution in [3.63, 3.8) is 0 Å². The van der Waals surface area contributed by atoms with Gasteiger partial charge in [-0.15, -0.1) is 0 Å². The van der Waals surface area contributed by atoms with Crippen LogP contribution in [-0.4, -0.2) is 22.0 Å². The monoisotopic (exact) mass is 384 g/mol. The molecule has 2 heterocycles. The molecule has 7 heteroatoms. The summed E-state index contributed by atoms with van der Waals surface area (Å²) in [5.74, 6) is -0.514. The maximum atomic E-state index is 12.7. The number of oxazole rings is 1. The van der Waals surface area contributed by atoms with Crippen LogP contribution in [0.25, 0.3) is 11.5 Å². The number of nitrogens with one attached hydrogen (secondary N) is 1. The number of carbonyl (C=O) groups is 2. The first-order valence-corrected chi connectivity index (χ1v) is 9.49. The molecule has 6 nitrogen and oxygen atoms in total. The molecule has 0 fully saturated rings. The molecule has 0 aliphatic rings. The highest BCUT2D eigenvalue weighted by Gasteiger charge is 2.40. The summed E-state index contributed by atoms with van der Waals surface area (Å²) in [6, 6.07) is 10.6. The topological polar surface area (TPSA) is 92.4 Å². The molecule has 2 N–H and O–H groups in total. The number of rotatable bonds is 7. The van der Waals surface area contributed by atoms with Crippen molar-refractivity contribution in [2.24, 2.45) is 0 Å². The van der Waals surface area contributed by atoms with Crippen molar-refractivity contribution in [2.45, 2.75) is 32.2 Å². The van der Waals surface area contributed by atoms with E-state index < -0.39 is 17.4 Å². The molecule has 1 amide bonds. The Bertz CT molecular complexity index is 934. The van der Waals surface area contributed by atoms with Crippen LogP contribution in [0.3, 0.4) is 0 Å². The third-order valence-electron chi connectivity index (χ3n) is 4.50. The van der Waals surface area contributed by atoms with E-state index in [2.05, 4.69) is 10.3 Å². The van der Waals surface area contributed by atoms with E-state index in [4.69, 9.17) is 4.42 Å². The molecule has 1 atom stereocenters. The highest BCUT2D eigenvalue weighted by molar-refractivity contribution is 7.08. The van der Waals surface area contributed by atoms with E-state index in [1.807, 2.05) is 16.8 Å². The fourth-order valence-corrected chi connectivity index (χ4v) is 3.58. The van der Waals surface area contributed by atoms with Gasteiger partial charge in [-0.2, -0.15) is 11.3 Å². The smallest absolute Gasteiger partial charge is 0.334 e. The fourth-order valence-electron chi connectivity index (χ4n) is 2.95. The Morgan fingerprint density at radius 3 is 2.59 bits per heavy atom. The highest BCUT2D eigenvalue weighted by atomic mass is 32.1. The number of carboxylic acids is 1. The second kappa shape index (κ2) is 7.75. The summed E-state index contributed by atoms with van der Waals surface area (Å²) in [5, 5.41) is 16.4. The van der Waals surface area contributed by atoms with Gasteiger partial charge in [0.15, 0.2) is 5.54 Å². The second-order valence-corrected chi connectivity index (χ2v) is 6.97. The number of carboxylic acid groups (broad SMARTS) is 1. The average Bonchev–Trinajstić information content (AvgIpc) is 3.30. The molecule has 1 aromatic carbocycles. The van der Waals surface area contributed by atoms with Crippen molar-refractivity contribution in [1.29, 1.82) is 0 Å². The molecule has 0 radical (unpaired) electrons. The molecule has 0 aliphatic heterocycles. The third kappa shape index (κ3) is 3.78. The Morgan fingerprint density at radius 2 is 2.00 bits per heavy atom. The first-order chi connectivity index (χ1) is 13.0. The Balaban J connectivity index is 1.82. The van der Waals surface area contributed by atoms with Crippen molar-refractivity contribution in [3.8, 4) is 11.5 Å². The van der Waals surface area contributed by atoms with E-state index in [9.17, 15) is 14.7 Å². The van der Waals surface area contributed by atoms with Crippen LogP contribution in [0.15, 0.2) is 51.6 Å². The minimum absolute atomic E-state index is 0.0542. The maximum absolute atomic E-state index is 12.7. The number of nitrogens with zero attached hydrogens (tertiary/aromatic N) is 1. The predicted molar refractivity (Wildman–Crippen MR) is 102 cm³/mol. The number of hydrogen-bond acceptors (Lipinski definition) is 5. The van der Waals surface area contributed by atoms with Gasteiger partial charge in [-0.1, -0.05) is 37.3 Å². The van der Waals surface area contributed by atoms with E-state index in [0.29, 0.717) is 22.9 Å². The lowest BCUT2D eigenvalue weighted by atomic mass is 9.87. The number of thiophene rings is 1. The Kier molecular flexibility index (Phi) is 5.41. The van der Waals surface area contributed by atoms with Crippen LogP contribution in [0.5, 0.6) is 0 Å². The van der Waals surface area contributed by atoms with Gasteiger partial charge in [-0.3, -0.25) is 4.79 Å². The van der Waals surface area contributed by atoms with Crippen LogP contribution in [0.2, 0.25) is 0 Å². The lowest BCUT2D eigenvalue weighted by Crippen LogP contribution is -2.52. The van der Waals surface area contributed by atoms with Crippen LogP contribution < -0.4 is 5.32 Å². The second-order valence-electron chi connectivity index (χ2n) is 6.19. The van der Waals surface area contributed by atoms with Gasteiger partial charge < -0.3 is 14.8 Å². The number of benzene rings is 1. The molecular weight excluding hydrogens is 364 g/mol. The van der Waals surface area contributed by atoms with Crippen molar-refractivity contribution >= 4 is 23.2 Å². The summed E-state index contributed by atoms with van der Waals surface area (Å²) in [4.78, 5) is 29.1. The first-order valence-electron chi connectivity index (χ1n) is 8.55. The zero-order valence-corrected chi connectivity index (χ0v) is 15.9. The number of aryl methyl sites for hydroxylation is 1. The van der Waals surface area contributed by atoms with Crippen LogP contribution in [-0.2, 0) is 21.5 Å². The Hall–Kier alpha value is -2.93. The molecule has 3 rings (SSSR count). The van der Waals surface area contributed by atoms with E-state index in [-0.39, 0.29) is 12.8 Å². The van der Waals surface area contributed by atoms with Crippen molar-refractivity contribution in [3.05, 3.63) is 64.2 Å². The quantitative estimate of drug-likeness (QED) is 0.647. The Labute approximate surface area is 160 Å². The minimum Gasteiger partial charge on any atom is -0.479 e. The number of amides is 1. The maximum Gasteiger partial charge on any atom is 0.334 e. The van der Waals surface area contributed by atoms with Gasteiger partial charge in [0.05, 0.1) is 12.1 Å². The van der Waals surface area contributed by atoms with E-state index in [1.54, 1.807) is 44.2 Å². The van der Waals surface area contributed by atoms with Crippen LogP contribution in [0.1, 0.15) is 30.4 Å². The summed E-state index contributed by atoms with van der Waals surface area (Å²) >= 11 is 1.53. The summed E-state index contributed by atoms with van der Waals surface area (Å²) in [7, 11) is 0. The van der Waals surface area contributed by atoms with Crippen molar-refractivity contribution in [1.82, 2.24) is 10.3 Å². The zero-order valence-electron chi connectivity index (χ0n) is 15.1. The molecule has 0 aliphatic carbocycles. The summed E-state index contributed by atoms with van der Waals surface area (Å²) in [5.41, 5.74) is 0.403. The van der Waals surface area contributed by atoms with E-state index >= 15 is 0 Å². The number of carbonyl (C=O) groups excluding carboxylic acids is 1. The van der Waals surface area contributed by atoms with Gasteiger partial charge in [0.1, 0.15) is 5.76 Å². The molecule has 140 valence electrons. The lowest BCUT2D eigenvalue weighted by molar-refractivity contribution is -0.148. The van der Waals surface area contributed by atoms with Gasteiger partial charge in [0, 0.05) is 10.9 Å². The van der Waals surface area contributed by atoms with Gasteiger partial charge in [0.2, 0.25) is 11.8 Å². The molecule has 27 heavy (non-hydrogen) atoms. The molecule has 2 aromatic heterocycles.